The molecule has 1 N–H and O–H groups in total. The van der Waals surface area contributed by atoms with E-state index in [9.17, 15) is 8.42 Å². The summed E-state index contributed by atoms with van der Waals surface area (Å²) in [5, 5.41) is 3.71. The van der Waals surface area contributed by atoms with Crippen molar-refractivity contribution in [2.45, 2.75) is 24.8 Å². The summed E-state index contributed by atoms with van der Waals surface area (Å²) in [5.74, 6) is 1.63. The number of fused-ring (bicyclic) bond motifs is 1. The Balaban J connectivity index is 1.81. The molecule has 1 aliphatic heterocycles. The number of benzene rings is 1. The molecule has 0 saturated carbocycles. The van der Waals surface area contributed by atoms with Gasteiger partial charge in [-0.25, -0.2) is 13.1 Å². The lowest BCUT2D eigenvalue weighted by Gasteiger charge is -2.25. The molecule has 1 aromatic heterocycles. The van der Waals surface area contributed by atoms with Crippen molar-refractivity contribution in [3.05, 3.63) is 35.2 Å². The quantitative estimate of drug-likeness (QED) is 0.829. The van der Waals surface area contributed by atoms with Gasteiger partial charge in [-0.3, -0.25) is 0 Å². The van der Waals surface area contributed by atoms with Gasteiger partial charge in [-0.05, 0) is 45.6 Å². The summed E-state index contributed by atoms with van der Waals surface area (Å²) in [6.45, 7) is 3.57. The lowest BCUT2D eigenvalue weighted by molar-refractivity contribution is 0.174. The topological polar surface area (TPSA) is 93.9 Å². The highest BCUT2D eigenvalue weighted by molar-refractivity contribution is 7.89. The highest BCUT2D eigenvalue weighted by Gasteiger charge is 2.26. The third-order valence-corrected chi connectivity index (χ3v) is 5.78. The van der Waals surface area contributed by atoms with Crippen LogP contribution < -0.4 is 14.2 Å². The Kier molecular flexibility index (Phi) is 4.72. The minimum Gasteiger partial charge on any atom is -0.454 e. The number of rotatable bonds is 6. The van der Waals surface area contributed by atoms with Gasteiger partial charge >= 0.3 is 0 Å². The van der Waals surface area contributed by atoms with Crippen LogP contribution in [-0.2, 0) is 10.0 Å². The first-order valence-corrected chi connectivity index (χ1v) is 9.26. The van der Waals surface area contributed by atoms with Gasteiger partial charge in [0, 0.05) is 12.6 Å². The first kappa shape index (κ1) is 17.7. The van der Waals surface area contributed by atoms with Crippen LogP contribution in [0.2, 0.25) is 0 Å². The van der Waals surface area contributed by atoms with Crippen LogP contribution in [0.15, 0.2) is 27.6 Å². The molecule has 0 amide bonds. The summed E-state index contributed by atoms with van der Waals surface area (Å²) in [7, 11) is 0.0615. The van der Waals surface area contributed by atoms with Gasteiger partial charge in [0.25, 0.3) is 0 Å². The monoisotopic (exact) mass is 367 g/mol. The molecule has 0 unspecified atom stereocenters. The molecule has 9 heteroatoms. The smallest absolute Gasteiger partial charge is 0.246 e. The van der Waals surface area contributed by atoms with Crippen molar-refractivity contribution in [2.75, 3.05) is 27.4 Å². The molecule has 25 heavy (non-hydrogen) atoms. The maximum Gasteiger partial charge on any atom is 0.246 e. The molecule has 0 fully saturated rings. The Bertz CT molecular complexity index is 856. The number of hydrogen-bond donors (Lipinski definition) is 1. The number of aryl methyl sites for hydroxylation is 2. The van der Waals surface area contributed by atoms with Crippen LogP contribution in [0.3, 0.4) is 0 Å². The molecule has 1 aromatic carbocycles. The molecule has 1 atom stereocenters. The predicted molar refractivity (Wildman–Crippen MR) is 90.2 cm³/mol. The third-order valence-electron chi connectivity index (χ3n) is 4.11. The van der Waals surface area contributed by atoms with E-state index in [2.05, 4.69) is 9.88 Å². The highest BCUT2D eigenvalue weighted by Crippen LogP contribution is 2.35. The van der Waals surface area contributed by atoms with Crippen LogP contribution in [0.1, 0.15) is 23.1 Å². The number of aromatic nitrogens is 1. The van der Waals surface area contributed by atoms with Crippen LogP contribution in [0.4, 0.5) is 0 Å². The van der Waals surface area contributed by atoms with E-state index in [0.29, 0.717) is 17.2 Å². The average Bonchev–Trinajstić information content (AvgIpc) is 3.13. The van der Waals surface area contributed by atoms with E-state index < -0.39 is 10.0 Å². The van der Waals surface area contributed by atoms with Crippen molar-refractivity contribution in [3.63, 3.8) is 0 Å². The number of nitrogens with zero attached hydrogens (tertiary/aromatic N) is 2. The highest BCUT2D eigenvalue weighted by atomic mass is 32.2. The zero-order valence-electron chi connectivity index (χ0n) is 14.6. The molecule has 3 rings (SSSR count). The minimum atomic E-state index is -3.72. The van der Waals surface area contributed by atoms with E-state index in [1.807, 2.05) is 37.2 Å². The number of ether oxygens (including phenoxy) is 2. The van der Waals surface area contributed by atoms with Crippen molar-refractivity contribution in [1.29, 1.82) is 0 Å². The molecule has 1 aliphatic rings. The van der Waals surface area contributed by atoms with E-state index >= 15 is 0 Å². The van der Waals surface area contributed by atoms with E-state index in [-0.39, 0.29) is 30.0 Å². The summed E-state index contributed by atoms with van der Waals surface area (Å²) in [5.41, 5.74) is 1.27. The molecule has 2 heterocycles. The lowest BCUT2D eigenvalue weighted by Crippen LogP contribution is -2.34. The van der Waals surface area contributed by atoms with E-state index in [1.54, 1.807) is 13.8 Å². The van der Waals surface area contributed by atoms with Crippen LogP contribution in [0.25, 0.3) is 0 Å². The van der Waals surface area contributed by atoms with Crippen molar-refractivity contribution in [3.8, 4) is 11.5 Å². The van der Waals surface area contributed by atoms with Gasteiger partial charge in [-0.2, -0.15) is 0 Å². The summed E-state index contributed by atoms with van der Waals surface area (Å²) in [6, 6.07) is 5.43. The van der Waals surface area contributed by atoms with Gasteiger partial charge in [-0.1, -0.05) is 11.2 Å². The van der Waals surface area contributed by atoms with E-state index in [4.69, 9.17) is 14.0 Å². The Morgan fingerprint density at radius 2 is 1.96 bits per heavy atom. The molecule has 0 radical (unpaired) electrons. The molecule has 8 nitrogen and oxygen atoms in total. The van der Waals surface area contributed by atoms with Crippen molar-refractivity contribution in [1.82, 2.24) is 14.8 Å². The van der Waals surface area contributed by atoms with Crippen molar-refractivity contribution < 1.29 is 22.4 Å². The fourth-order valence-corrected chi connectivity index (χ4v) is 4.20. The Hall–Kier alpha value is -2.10. The average molecular weight is 367 g/mol. The van der Waals surface area contributed by atoms with Gasteiger partial charge < -0.3 is 18.9 Å². The van der Waals surface area contributed by atoms with Gasteiger partial charge in [0.15, 0.2) is 17.3 Å². The standard InChI is InChI=1S/C16H21N3O5S/c1-10-16(11(2)24-18-10)25(20,21)17-8-13(19(3)4)12-5-6-14-15(7-12)23-9-22-14/h5-7,13,17H,8-9H2,1-4H3/t13-/m1/s1. The fraction of sp³-hybridized carbons (Fsp3) is 0.438. The molecule has 136 valence electrons. The normalized spacial score (nSPS) is 14.9. The van der Waals surface area contributed by atoms with Crippen LogP contribution >= 0.6 is 0 Å². The summed E-state index contributed by atoms with van der Waals surface area (Å²) in [6.07, 6.45) is 0. The van der Waals surface area contributed by atoms with Crippen LogP contribution in [0, 0.1) is 13.8 Å². The zero-order valence-corrected chi connectivity index (χ0v) is 15.4. The van der Waals surface area contributed by atoms with Crippen molar-refractivity contribution >= 4 is 10.0 Å². The molecule has 0 bridgehead atoms. The Labute approximate surface area is 146 Å². The Morgan fingerprint density at radius 1 is 1.24 bits per heavy atom. The first-order chi connectivity index (χ1) is 11.8. The molecular formula is C16H21N3O5S. The van der Waals surface area contributed by atoms with Crippen LogP contribution in [0.5, 0.6) is 11.5 Å². The minimum absolute atomic E-state index is 0.0932. The summed E-state index contributed by atoms with van der Waals surface area (Å²) in [4.78, 5) is 2.03. The number of hydrogen-bond acceptors (Lipinski definition) is 7. The molecule has 0 aliphatic carbocycles. The second-order valence-corrected chi connectivity index (χ2v) is 7.80. The molecule has 0 spiro atoms. The van der Waals surface area contributed by atoms with Gasteiger partial charge in [0.05, 0.1) is 0 Å². The number of likely N-dealkylation sites (N-methyl/N-ethyl adjacent to an activating group) is 1. The van der Waals surface area contributed by atoms with E-state index in [1.165, 1.54) is 0 Å². The SMILES string of the molecule is Cc1noc(C)c1S(=O)(=O)NC[C@H](c1ccc2c(c1)OCO2)N(C)C. The van der Waals surface area contributed by atoms with Crippen LogP contribution in [-0.4, -0.2) is 45.9 Å². The molecule has 0 saturated heterocycles. The van der Waals surface area contributed by atoms with Gasteiger partial charge in [-0.15, -0.1) is 0 Å². The number of sulfonamides is 1. The predicted octanol–water partition coefficient (Wildman–Crippen LogP) is 1.60. The van der Waals surface area contributed by atoms with Gasteiger partial charge in [0.1, 0.15) is 10.6 Å². The molecule has 2 aromatic rings. The van der Waals surface area contributed by atoms with E-state index in [0.717, 1.165) is 5.56 Å². The largest absolute Gasteiger partial charge is 0.454 e. The first-order valence-electron chi connectivity index (χ1n) is 7.78. The summed E-state index contributed by atoms with van der Waals surface area (Å²) >= 11 is 0. The van der Waals surface area contributed by atoms with Gasteiger partial charge in [0.2, 0.25) is 16.8 Å². The third kappa shape index (κ3) is 3.48. The Morgan fingerprint density at radius 3 is 2.60 bits per heavy atom. The molecular weight excluding hydrogens is 346 g/mol. The maximum atomic E-state index is 12.6. The van der Waals surface area contributed by atoms with Crippen molar-refractivity contribution in [2.24, 2.45) is 0 Å². The second-order valence-electron chi connectivity index (χ2n) is 6.10. The fourth-order valence-electron chi connectivity index (χ4n) is 2.84. The zero-order chi connectivity index (χ0) is 18.2. The number of nitrogens with one attached hydrogen (secondary N) is 1. The second kappa shape index (κ2) is 6.66. The lowest BCUT2D eigenvalue weighted by atomic mass is 10.1. The summed E-state index contributed by atoms with van der Waals surface area (Å²) < 4.78 is 43.5. The maximum absolute atomic E-state index is 12.6.